The Balaban J connectivity index is 2.09. The van der Waals surface area contributed by atoms with E-state index in [1.807, 2.05) is 11.0 Å². The lowest BCUT2D eigenvalue weighted by atomic mass is 10.00. The first-order valence-corrected chi connectivity index (χ1v) is 8.07. The van der Waals surface area contributed by atoms with Crippen LogP contribution in [0.25, 0.3) is 0 Å². The van der Waals surface area contributed by atoms with Crippen molar-refractivity contribution in [2.24, 2.45) is 0 Å². The molecule has 5 nitrogen and oxygen atoms in total. The minimum absolute atomic E-state index is 0.0600. The monoisotopic (exact) mass is 333 g/mol. The van der Waals surface area contributed by atoms with Crippen LogP contribution in [0.15, 0.2) is 36.0 Å². The van der Waals surface area contributed by atoms with Gasteiger partial charge in [0.1, 0.15) is 11.6 Å². The maximum atomic E-state index is 12.3. The van der Waals surface area contributed by atoms with Crippen LogP contribution in [-0.4, -0.2) is 35.1 Å². The van der Waals surface area contributed by atoms with Crippen molar-refractivity contribution in [2.45, 2.75) is 31.7 Å². The van der Waals surface area contributed by atoms with Gasteiger partial charge in [0.2, 0.25) is 0 Å². The number of aliphatic hydroxyl groups excluding tert-OH is 1. The highest BCUT2D eigenvalue weighted by Gasteiger charge is 2.21. The third-order valence-corrected chi connectivity index (χ3v) is 4.15. The molecule has 0 bridgehead atoms. The molecular formula is C17H20ClN3O2. The van der Waals surface area contributed by atoms with Gasteiger partial charge in [-0.3, -0.25) is 4.79 Å². The largest absolute Gasteiger partial charge is 0.396 e. The summed E-state index contributed by atoms with van der Waals surface area (Å²) >= 11 is 5.81. The number of benzene rings is 1. The number of likely N-dealkylation sites (tertiary alicyclic amines) is 1. The standard InChI is InChI=1S/C17H20ClN3O2/c18-14-4-6-15(7-5-14)20-17(23)13(11-19)12-21-9-2-1-3-16(21)8-10-22/h4-7,12,16,22H,1-3,8-10H2,(H,20,23)/b13-12-. The molecule has 0 aliphatic carbocycles. The van der Waals surface area contributed by atoms with Crippen molar-refractivity contribution in [3.8, 4) is 6.07 Å². The molecule has 1 fully saturated rings. The van der Waals surface area contributed by atoms with Crippen molar-refractivity contribution in [3.63, 3.8) is 0 Å². The quantitative estimate of drug-likeness (QED) is 0.641. The Morgan fingerprint density at radius 1 is 1.43 bits per heavy atom. The fourth-order valence-electron chi connectivity index (χ4n) is 2.69. The number of piperidine rings is 1. The molecule has 0 spiro atoms. The van der Waals surface area contributed by atoms with Crippen molar-refractivity contribution >= 4 is 23.2 Å². The summed E-state index contributed by atoms with van der Waals surface area (Å²) in [4.78, 5) is 14.3. The van der Waals surface area contributed by atoms with E-state index in [9.17, 15) is 10.1 Å². The molecule has 1 aliphatic heterocycles. The van der Waals surface area contributed by atoms with Crippen molar-refractivity contribution in [1.29, 1.82) is 5.26 Å². The van der Waals surface area contributed by atoms with Crippen LogP contribution in [0.4, 0.5) is 5.69 Å². The van der Waals surface area contributed by atoms with E-state index >= 15 is 0 Å². The number of amides is 1. The fraction of sp³-hybridized carbons (Fsp3) is 0.412. The number of rotatable bonds is 5. The Hall–Kier alpha value is -2.03. The van der Waals surface area contributed by atoms with E-state index in [1.54, 1.807) is 30.5 Å². The second kappa shape index (κ2) is 8.56. The SMILES string of the molecule is N#C/C(=C/N1CCCCC1CCO)C(=O)Nc1ccc(Cl)cc1. The average Bonchev–Trinajstić information content (AvgIpc) is 2.56. The summed E-state index contributed by atoms with van der Waals surface area (Å²) in [7, 11) is 0. The maximum Gasteiger partial charge on any atom is 0.267 e. The number of carbonyl (C=O) groups is 1. The second-order valence-electron chi connectivity index (χ2n) is 5.52. The molecule has 0 radical (unpaired) electrons. The number of nitrogens with zero attached hydrogens (tertiary/aromatic N) is 2. The third-order valence-electron chi connectivity index (χ3n) is 3.90. The molecule has 1 aromatic carbocycles. The van der Waals surface area contributed by atoms with E-state index < -0.39 is 5.91 Å². The lowest BCUT2D eigenvalue weighted by Gasteiger charge is -2.34. The summed E-state index contributed by atoms with van der Waals surface area (Å²) < 4.78 is 0. The Bertz CT molecular complexity index is 605. The first-order chi connectivity index (χ1) is 11.1. The number of nitriles is 1. The van der Waals surface area contributed by atoms with Crippen molar-refractivity contribution < 1.29 is 9.90 Å². The van der Waals surface area contributed by atoms with Crippen LogP contribution >= 0.6 is 11.6 Å². The van der Waals surface area contributed by atoms with Crippen molar-refractivity contribution in [3.05, 3.63) is 41.1 Å². The normalized spacial score (nSPS) is 18.4. The highest BCUT2D eigenvalue weighted by atomic mass is 35.5. The van der Waals surface area contributed by atoms with E-state index in [0.29, 0.717) is 17.1 Å². The number of hydrogen-bond acceptors (Lipinski definition) is 4. The van der Waals surface area contributed by atoms with Crippen LogP contribution in [0.1, 0.15) is 25.7 Å². The van der Waals surface area contributed by atoms with Gasteiger partial charge >= 0.3 is 0 Å². The summed E-state index contributed by atoms with van der Waals surface area (Å²) in [6.45, 7) is 0.901. The molecule has 1 amide bonds. The topological polar surface area (TPSA) is 76.4 Å². The van der Waals surface area contributed by atoms with Gasteiger partial charge in [0.05, 0.1) is 0 Å². The zero-order valence-corrected chi connectivity index (χ0v) is 13.6. The average molecular weight is 334 g/mol. The summed E-state index contributed by atoms with van der Waals surface area (Å²) in [5, 5.41) is 21.7. The van der Waals surface area contributed by atoms with E-state index in [4.69, 9.17) is 16.7 Å². The minimum Gasteiger partial charge on any atom is -0.396 e. The fourth-order valence-corrected chi connectivity index (χ4v) is 2.81. The third kappa shape index (κ3) is 4.98. The highest BCUT2D eigenvalue weighted by molar-refractivity contribution is 6.30. The first-order valence-electron chi connectivity index (χ1n) is 7.69. The van der Waals surface area contributed by atoms with Gasteiger partial charge in [-0.15, -0.1) is 0 Å². The van der Waals surface area contributed by atoms with E-state index in [0.717, 1.165) is 25.8 Å². The smallest absolute Gasteiger partial charge is 0.267 e. The molecule has 6 heteroatoms. The molecule has 1 aromatic rings. The number of hydrogen-bond donors (Lipinski definition) is 2. The molecule has 2 N–H and O–H groups in total. The van der Waals surface area contributed by atoms with E-state index in [-0.39, 0.29) is 18.2 Å². The molecule has 1 saturated heterocycles. The van der Waals surface area contributed by atoms with Gasteiger partial charge in [-0.2, -0.15) is 5.26 Å². The van der Waals surface area contributed by atoms with Gasteiger partial charge in [0.15, 0.2) is 0 Å². The molecule has 1 aliphatic rings. The lowest BCUT2D eigenvalue weighted by Crippen LogP contribution is -2.37. The molecule has 1 unspecified atom stereocenters. The summed E-state index contributed by atoms with van der Waals surface area (Å²) in [5.41, 5.74) is 0.649. The van der Waals surface area contributed by atoms with E-state index in [1.165, 1.54) is 0 Å². The van der Waals surface area contributed by atoms with Gasteiger partial charge in [-0.1, -0.05) is 11.6 Å². The molecule has 122 valence electrons. The van der Waals surface area contributed by atoms with Crippen LogP contribution in [0, 0.1) is 11.3 Å². The summed E-state index contributed by atoms with van der Waals surface area (Å²) in [6.07, 6.45) is 5.36. The Labute approximate surface area is 141 Å². The van der Waals surface area contributed by atoms with Crippen molar-refractivity contribution in [2.75, 3.05) is 18.5 Å². The number of nitrogens with one attached hydrogen (secondary N) is 1. The molecule has 1 atom stereocenters. The maximum absolute atomic E-state index is 12.3. The van der Waals surface area contributed by atoms with Gasteiger partial charge in [0.25, 0.3) is 5.91 Å². The number of aliphatic hydroxyl groups is 1. The van der Waals surface area contributed by atoms with Gasteiger partial charge in [-0.05, 0) is 49.9 Å². The second-order valence-corrected chi connectivity index (χ2v) is 5.95. The number of carbonyl (C=O) groups excluding carboxylic acids is 1. The Kier molecular flexibility index (Phi) is 6.45. The first kappa shape index (κ1) is 17.3. The predicted molar refractivity (Wildman–Crippen MR) is 89.8 cm³/mol. The molecule has 2 rings (SSSR count). The molecule has 1 heterocycles. The highest BCUT2D eigenvalue weighted by Crippen LogP contribution is 2.21. The Morgan fingerprint density at radius 3 is 2.83 bits per heavy atom. The zero-order valence-electron chi connectivity index (χ0n) is 12.8. The molecule has 23 heavy (non-hydrogen) atoms. The molecule has 0 aromatic heterocycles. The number of halogens is 1. The van der Waals surface area contributed by atoms with Crippen LogP contribution < -0.4 is 5.32 Å². The lowest BCUT2D eigenvalue weighted by molar-refractivity contribution is -0.112. The van der Waals surface area contributed by atoms with Crippen LogP contribution in [-0.2, 0) is 4.79 Å². The van der Waals surface area contributed by atoms with Gasteiger partial charge in [0, 0.05) is 36.1 Å². The zero-order chi connectivity index (χ0) is 16.7. The predicted octanol–water partition coefficient (Wildman–Crippen LogP) is 2.92. The van der Waals surface area contributed by atoms with Crippen molar-refractivity contribution in [1.82, 2.24) is 4.90 Å². The number of anilines is 1. The van der Waals surface area contributed by atoms with Crippen LogP contribution in [0.2, 0.25) is 5.02 Å². The van der Waals surface area contributed by atoms with E-state index in [2.05, 4.69) is 5.32 Å². The minimum atomic E-state index is -0.442. The summed E-state index contributed by atoms with van der Waals surface area (Å²) in [5.74, 6) is -0.442. The Morgan fingerprint density at radius 2 is 2.17 bits per heavy atom. The van der Waals surface area contributed by atoms with Gasteiger partial charge in [-0.25, -0.2) is 0 Å². The van der Waals surface area contributed by atoms with Crippen LogP contribution in [0.5, 0.6) is 0 Å². The molecular weight excluding hydrogens is 314 g/mol. The summed E-state index contributed by atoms with van der Waals surface area (Å²) in [6, 6.07) is 8.86. The van der Waals surface area contributed by atoms with Crippen LogP contribution in [0.3, 0.4) is 0 Å². The molecule has 0 saturated carbocycles. The van der Waals surface area contributed by atoms with Gasteiger partial charge < -0.3 is 15.3 Å².